The third kappa shape index (κ3) is 3.97. The van der Waals surface area contributed by atoms with E-state index in [0.717, 1.165) is 17.7 Å². The monoisotopic (exact) mass is 309 g/mol. The molecule has 118 valence electrons. The Morgan fingerprint density at radius 3 is 2.35 bits per heavy atom. The minimum Gasteiger partial charge on any atom is -0.461 e. The van der Waals surface area contributed by atoms with Gasteiger partial charge in [-0.3, -0.25) is 9.59 Å². The van der Waals surface area contributed by atoms with Crippen LogP contribution in [-0.4, -0.2) is 11.9 Å². The van der Waals surface area contributed by atoms with Crippen LogP contribution in [0.3, 0.4) is 0 Å². The van der Waals surface area contributed by atoms with E-state index in [2.05, 4.69) is 5.32 Å². The molecule has 1 fully saturated rings. The highest BCUT2D eigenvalue weighted by molar-refractivity contribution is 6.04. The minimum absolute atomic E-state index is 0.0749. The van der Waals surface area contributed by atoms with Gasteiger partial charge in [0.25, 0.3) is 5.91 Å². The predicted molar refractivity (Wildman–Crippen MR) is 87.9 cm³/mol. The fourth-order valence-corrected chi connectivity index (χ4v) is 2.39. The molecule has 1 aliphatic carbocycles. The second-order valence-electron chi connectivity index (χ2n) is 5.94. The average molecular weight is 309 g/mol. The summed E-state index contributed by atoms with van der Waals surface area (Å²) < 4.78 is 5.28. The highest BCUT2D eigenvalue weighted by Gasteiger charge is 2.40. The standard InChI is InChI=1S/C19H19NO3/c1-13-11-17(13)19(22)23-12-14-7-9-15(10-8-14)18(21)20-16-5-3-2-4-6-16/h2-10,13,17H,11-12H2,1H3,(H,20,21)/t13-,17-/m0/s1. The zero-order valence-electron chi connectivity index (χ0n) is 13.0. The van der Waals surface area contributed by atoms with E-state index >= 15 is 0 Å². The summed E-state index contributed by atoms with van der Waals surface area (Å²) in [5, 5.41) is 2.83. The van der Waals surface area contributed by atoms with Gasteiger partial charge in [0.2, 0.25) is 0 Å². The van der Waals surface area contributed by atoms with E-state index in [-0.39, 0.29) is 24.4 Å². The SMILES string of the molecule is C[C@H]1C[C@@H]1C(=O)OCc1ccc(C(=O)Nc2ccccc2)cc1. The smallest absolute Gasteiger partial charge is 0.309 e. The zero-order valence-corrected chi connectivity index (χ0v) is 13.0. The van der Waals surface area contributed by atoms with Crippen LogP contribution in [0.2, 0.25) is 0 Å². The number of carbonyl (C=O) groups excluding carboxylic acids is 2. The molecule has 0 aliphatic heterocycles. The third-order valence-electron chi connectivity index (χ3n) is 4.04. The molecule has 0 saturated heterocycles. The molecule has 0 unspecified atom stereocenters. The van der Waals surface area contributed by atoms with E-state index in [1.165, 1.54) is 0 Å². The van der Waals surface area contributed by atoms with E-state index in [1.54, 1.807) is 12.1 Å². The van der Waals surface area contributed by atoms with Crippen LogP contribution < -0.4 is 5.32 Å². The van der Waals surface area contributed by atoms with Crippen LogP contribution in [0.15, 0.2) is 54.6 Å². The Labute approximate surface area is 135 Å². The summed E-state index contributed by atoms with van der Waals surface area (Å²) in [6.07, 6.45) is 0.928. The van der Waals surface area contributed by atoms with Crippen molar-refractivity contribution in [1.29, 1.82) is 0 Å². The second-order valence-corrected chi connectivity index (χ2v) is 5.94. The molecule has 0 bridgehead atoms. The van der Waals surface area contributed by atoms with E-state index in [0.29, 0.717) is 11.5 Å². The van der Waals surface area contributed by atoms with Crippen molar-refractivity contribution in [1.82, 2.24) is 0 Å². The molecule has 0 spiro atoms. The highest BCUT2D eigenvalue weighted by Crippen LogP contribution is 2.38. The molecule has 1 amide bonds. The van der Waals surface area contributed by atoms with Crippen molar-refractivity contribution in [2.24, 2.45) is 11.8 Å². The third-order valence-corrected chi connectivity index (χ3v) is 4.04. The summed E-state index contributed by atoms with van der Waals surface area (Å²) in [4.78, 5) is 23.8. The maximum atomic E-state index is 12.1. The molecule has 2 aromatic carbocycles. The van der Waals surface area contributed by atoms with Crippen molar-refractivity contribution >= 4 is 17.6 Å². The number of esters is 1. The number of rotatable bonds is 5. The molecule has 4 nitrogen and oxygen atoms in total. The van der Waals surface area contributed by atoms with Gasteiger partial charge in [-0.05, 0) is 42.2 Å². The lowest BCUT2D eigenvalue weighted by atomic mass is 10.1. The van der Waals surface area contributed by atoms with Crippen LogP contribution in [0.1, 0.15) is 29.3 Å². The molecule has 0 aromatic heterocycles. The lowest BCUT2D eigenvalue weighted by Gasteiger charge is -2.07. The summed E-state index contributed by atoms with van der Waals surface area (Å²) in [5.74, 6) is 0.243. The average Bonchev–Trinajstić information content (AvgIpc) is 3.31. The van der Waals surface area contributed by atoms with Crippen molar-refractivity contribution in [3.63, 3.8) is 0 Å². The van der Waals surface area contributed by atoms with E-state index in [1.807, 2.05) is 49.4 Å². The van der Waals surface area contributed by atoms with Crippen LogP contribution in [0, 0.1) is 11.8 Å². The Morgan fingerprint density at radius 1 is 1.09 bits per heavy atom. The number of ether oxygens (including phenoxy) is 1. The van der Waals surface area contributed by atoms with Gasteiger partial charge in [0.05, 0.1) is 5.92 Å². The Bertz CT molecular complexity index is 694. The highest BCUT2D eigenvalue weighted by atomic mass is 16.5. The molecule has 4 heteroatoms. The number of para-hydroxylation sites is 1. The molecule has 1 saturated carbocycles. The van der Waals surface area contributed by atoms with Gasteiger partial charge in [-0.1, -0.05) is 37.3 Å². The molecular formula is C19H19NO3. The van der Waals surface area contributed by atoms with Gasteiger partial charge in [-0.25, -0.2) is 0 Å². The van der Waals surface area contributed by atoms with Gasteiger partial charge < -0.3 is 10.1 Å². The molecule has 2 atom stereocenters. The van der Waals surface area contributed by atoms with Crippen LogP contribution in [0.5, 0.6) is 0 Å². The van der Waals surface area contributed by atoms with Gasteiger partial charge in [0, 0.05) is 11.3 Å². The largest absolute Gasteiger partial charge is 0.461 e. The predicted octanol–water partition coefficient (Wildman–Crippen LogP) is 3.64. The van der Waals surface area contributed by atoms with Crippen molar-refractivity contribution in [3.8, 4) is 0 Å². The van der Waals surface area contributed by atoms with E-state index < -0.39 is 0 Å². The number of hydrogen-bond donors (Lipinski definition) is 1. The molecular weight excluding hydrogens is 290 g/mol. The summed E-state index contributed by atoms with van der Waals surface area (Å²) in [5.41, 5.74) is 2.21. The Morgan fingerprint density at radius 2 is 1.74 bits per heavy atom. The van der Waals surface area contributed by atoms with Gasteiger partial charge in [-0.2, -0.15) is 0 Å². The first-order valence-electron chi connectivity index (χ1n) is 7.75. The fraction of sp³-hybridized carbons (Fsp3) is 0.263. The summed E-state index contributed by atoms with van der Waals surface area (Å²) >= 11 is 0. The van der Waals surface area contributed by atoms with E-state index in [4.69, 9.17) is 4.74 Å². The normalized spacial score (nSPS) is 19.0. The number of nitrogens with one attached hydrogen (secondary N) is 1. The maximum Gasteiger partial charge on any atom is 0.309 e. The molecule has 1 aliphatic rings. The molecule has 2 aromatic rings. The molecule has 1 N–H and O–H groups in total. The van der Waals surface area contributed by atoms with E-state index in [9.17, 15) is 9.59 Å². The molecule has 3 rings (SSSR count). The quantitative estimate of drug-likeness (QED) is 0.858. The lowest BCUT2D eigenvalue weighted by Crippen LogP contribution is -2.12. The summed E-state index contributed by atoms with van der Waals surface area (Å²) in [6.45, 7) is 2.30. The van der Waals surface area contributed by atoms with Crippen LogP contribution >= 0.6 is 0 Å². The van der Waals surface area contributed by atoms with Gasteiger partial charge >= 0.3 is 5.97 Å². The summed E-state index contributed by atoms with van der Waals surface area (Å²) in [7, 11) is 0. The minimum atomic E-state index is -0.161. The first-order chi connectivity index (χ1) is 11.1. The lowest BCUT2D eigenvalue weighted by molar-refractivity contribution is -0.146. The van der Waals surface area contributed by atoms with Crippen LogP contribution in [0.4, 0.5) is 5.69 Å². The first-order valence-corrected chi connectivity index (χ1v) is 7.75. The fourth-order valence-electron chi connectivity index (χ4n) is 2.39. The van der Waals surface area contributed by atoms with Gasteiger partial charge in [0.15, 0.2) is 0 Å². The number of hydrogen-bond acceptors (Lipinski definition) is 3. The molecule has 23 heavy (non-hydrogen) atoms. The van der Waals surface area contributed by atoms with Crippen molar-refractivity contribution < 1.29 is 14.3 Å². The Kier molecular flexibility index (Phi) is 4.42. The number of benzene rings is 2. The number of carbonyl (C=O) groups is 2. The van der Waals surface area contributed by atoms with Crippen LogP contribution in [-0.2, 0) is 16.1 Å². The number of anilines is 1. The molecule has 0 heterocycles. The van der Waals surface area contributed by atoms with Gasteiger partial charge in [0.1, 0.15) is 6.61 Å². The Balaban J connectivity index is 1.54. The van der Waals surface area contributed by atoms with Crippen molar-refractivity contribution in [2.75, 3.05) is 5.32 Å². The Hall–Kier alpha value is -2.62. The maximum absolute atomic E-state index is 12.1. The second kappa shape index (κ2) is 6.65. The molecule has 0 radical (unpaired) electrons. The van der Waals surface area contributed by atoms with Crippen LogP contribution in [0.25, 0.3) is 0 Å². The first kappa shape index (κ1) is 15.3. The number of amides is 1. The topological polar surface area (TPSA) is 55.4 Å². The summed E-state index contributed by atoms with van der Waals surface area (Å²) in [6, 6.07) is 16.4. The zero-order chi connectivity index (χ0) is 16.2. The van der Waals surface area contributed by atoms with Gasteiger partial charge in [-0.15, -0.1) is 0 Å². The van der Waals surface area contributed by atoms with Crippen molar-refractivity contribution in [3.05, 3.63) is 65.7 Å². The van der Waals surface area contributed by atoms with Crippen molar-refractivity contribution in [2.45, 2.75) is 20.0 Å².